The second-order valence-corrected chi connectivity index (χ2v) is 5.16. The van der Waals surface area contributed by atoms with E-state index in [1.807, 2.05) is 0 Å². The number of para-hydroxylation sites is 1. The van der Waals surface area contributed by atoms with Gasteiger partial charge in [-0.1, -0.05) is 18.2 Å². The van der Waals surface area contributed by atoms with Gasteiger partial charge in [-0.3, -0.25) is 0 Å². The van der Waals surface area contributed by atoms with Crippen molar-refractivity contribution in [2.24, 2.45) is 0 Å². The lowest BCUT2D eigenvalue weighted by atomic mass is 10.1. The Bertz CT molecular complexity index is 369. The molecule has 1 aromatic carbocycles. The van der Waals surface area contributed by atoms with Crippen molar-refractivity contribution in [1.82, 2.24) is 5.32 Å². The largest absolute Gasteiger partial charge is 0.396 e. The van der Waals surface area contributed by atoms with Crippen LogP contribution in [0.4, 0.5) is 5.69 Å². The van der Waals surface area contributed by atoms with Gasteiger partial charge in [0.05, 0.1) is 6.61 Å². The van der Waals surface area contributed by atoms with Crippen molar-refractivity contribution in [3.63, 3.8) is 0 Å². The lowest BCUT2D eigenvalue weighted by Crippen LogP contribution is -2.33. The number of ether oxygens (including phenoxy) is 1. The minimum absolute atomic E-state index is 0.234. The molecule has 0 heterocycles. The highest BCUT2D eigenvalue weighted by Gasteiger charge is 2.13. The average molecular weight is 280 g/mol. The van der Waals surface area contributed by atoms with Crippen LogP contribution in [0.3, 0.4) is 0 Å². The third kappa shape index (κ3) is 5.49. The Hall–Kier alpha value is -1.10. The lowest BCUT2D eigenvalue weighted by Gasteiger charge is -2.31. The Morgan fingerprint density at radius 2 is 2.05 bits per heavy atom. The fourth-order valence-electron chi connectivity index (χ4n) is 2.24. The van der Waals surface area contributed by atoms with E-state index in [9.17, 15) is 0 Å². The fourth-order valence-corrected chi connectivity index (χ4v) is 2.24. The number of aliphatic hydroxyl groups excluding tert-OH is 1. The van der Waals surface area contributed by atoms with Crippen LogP contribution in [-0.2, 0) is 11.3 Å². The van der Waals surface area contributed by atoms with Gasteiger partial charge < -0.3 is 20.1 Å². The number of hydrogen-bond acceptors (Lipinski definition) is 4. The highest BCUT2D eigenvalue weighted by molar-refractivity contribution is 5.54. The van der Waals surface area contributed by atoms with E-state index in [4.69, 9.17) is 9.84 Å². The zero-order chi connectivity index (χ0) is 14.8. The van der Waals surface area contributed by atoms with Gasteiger partial charge in [0.2, 0.25) is 0 Å². The molecule has 114 valence electrons. The highest BCUT2D eigenvalue weighted by atomic mass is 16.5. The molecule has 0 unspecified atom stereocenters. The predicted molar refractivity (Wildman–Crippen MR) is 84.2 cm³/mol. The predicted octanol–water partition coefficient (Wildman–Crippen LogP) is 2.02. The molecule has 0 aliphatic heterocycles. The molecule has 0 saturated carbocycles. The van der Waals surface area contributed by atoms with E-state index >= 15 is 0 Å². The summed E-state index contributed by atoms with van der Waals surface area (Å²) in [6.07, 6.45) is 0.795. The molecule has 0 aliphatic carbocycles. The third-order valence-corrected chi connectivity index (χ3v) is 3.28. The fraction of sp³-hybridized carbons (Fsp3) is 0.625. The molecule has 0 radical (unpaired) electrons. The van der Waals surface area contributed by atoms with Gasteiger partial charge in [0.15, 0.2) is 0 Å². The van der Waals surface area contributed by atoms with Crippen LogP contribution in [0.25, 0.3) is 0 Å². The maximum atomic E-state index is 9.06. The summed E-state index contributed by atoms with van der Waals surface area (Å²) in [6, 6.07) is 8.87. The molecular formula is C16H28N2O2. The first kappa shape index (κ1) is 17.0. The number of benzene rings is 1. The Labute approximate surface area is 122 Å². The normalized spacial score (nSPS) is 11.1. The van der Waals surface area contributed by atoms with Crippen molar-refractivity contribution in [1.29, 1.82) is 0 Å². The van der Waals surface area contributed by atoms with Crippen LogP contribution in [0.5, 0.6) is 0 Å². The Balaban J connectivity index is 2.74. The minimum Gasteiger partial charge on any atom is -0.396 e. The Kier molecular flexibility index (Phi) is 8.26. The second-order valence-electron chi connectivity index (χ2n) is 5.16. The first-order valence-electron chi connectivity index (χ1n) is 7.35. The standard InChI is InChI=1S/C16H28N2O2/c1-14(2)18(10-6-11-19)16-8-5-4-7-15(16)13-17-9-12-20-3/h4-5,7-8,14,17,19H,6,9-13H2,1-3H3. The Morgan fingerprint density at radius 3 is 2.70 bits per heavy atom. The maximum absolute atomic E-state index is 9.06. The van der Waals surface area contributed by atoms with Gasteiger partial charge in [0.25, 0.3) is 0 Å². The van der Waals surface area contributed by atoms with Crippen LogP contribution in [-0.4, -0.2) is 44.6 Å². The van der Waals surface area contributed by atoms with E-state index in [0.717, 1.165) is 32.7 Å². The van der Waals surface area contributed by atoms with Crippen molar-refractivity contribution >= 4 is 5.69 Å². The van der Waals surface area contributed by atoms with Crippen molar-refractivity contribution < 1.29 is 9.84 Å². The average Bonchev–Trinajstić information content (AvgIpc) is 2.45. The molecular weight excluding hydrogens is 252 g/mol. The molecule has 0 spiro atoms. The molecule has 0 aliphatic rings. The Morgan fingerprint density at radius 1 is 1.30 bits per heavy atom. The monoisotopic (exact) mass is 280 g/mol. The van der Waals surface area contributed by atoms with Gasteiger partial charge in [-0.25, -0.2) is 0 Å². The number of rotatable bonds is 10. The summed E-state index contributed by atoms with van der Waals surface area (Å²) >= 11 is 0. The molecule has 1 rings (SSSR count). The smallest absolute Gasteiger partial charge is 0.0587 e. The van der Waals surface area contributed by atoms with Crippen LogP contribution < -0.4 is 10.2 Å². The zero-order valence-electron chi connectivity index (χ0n) is 12.9. The van der Waals surface area contributed by atoms with Gasteiger partial charge in [-0.15, -0.1) is 0 Å². The summed E-state index contributed by atoms with van der Waals surface area (Å²) < 4.78 is 5.05. The molecule has 4 heteroatoms. The summed E-state index contributed by atoms with van der Waals surface area (Å²) in [4.78, 5) is 2.35. The molecule has 4 nitrogen and oxygen atoms in total. The van der Waals surface area contributed by atoms with E-state index in [0.29, 0.717) is 6.04 Å². The van der Waals surface area contributed by atoms with Crippen molar-refractivity contribution in [2.45, 2.75) is 32.9 Å². The number of aliphatic hydroxyl groups is 1. The molecule has 2 N–H and O–H groups in total. The lowest BCUT2D eigenvalue weighted by molar-refractivity contribution is 0.199. The van der Waals surface area contributed by atoms with Gasteiger partial charge in [-0.05, 0) is 31.9 Å². The van der Waals surface area contributed by atoms with Gasteiger partial charge in [0, 0.05) is 45.1 Å². The van der Waals surface area contributed by atoms with E-state index in [1.54, 1.807) is 7.11 Å². The first-order valence-corrected chi connectivity index (χ1v) is 7.35. The van der Waals surface area contributed by atoms with Crippen LogP contribution in [0.15, 0.2) is 24.3 Å². The topological polar surface area (TPSA) is 44.7 Å². The summed E-state index contributed by atoms with van der Waals surface area (Å²) in [5.74, 6) is 0. The van der Waals surface area contributed by atoms with Gasteiger partial charge in [0.1, 0.15) is 0 Å². The minimum atomic E-state index is 0.234. The van der Waals surface area contributed by atoms with E-state index in [-0.39, 0.29) is 6.61 Å². The summed E-state index contributed by atoms with van der Waals surface area (Å²) in [5.41, 5.74) is 2.54. The van der Waals surface area contributed by atoms with E-state index in [1.165, 1.54) is 11.3 Å². The van der Waals surface area contributed by atoms with Crippen molar-refractivity contribution in [3.8, 4) is 0 Å². The molecule has 1 aromatic rings. The molecule has 20 heavy (non-hydrogen) atoms. The van der Waals surface area contributed by atoms with Crippen LogP contribution in [0.1, 0.15) is 25.8 Å². The maximum Gasteiger partial charge on any atom is 0.0587 e. The van der Waals surface area contributed by atoms with Gasteiger partial charge in [-0.2, -0.15) is 0 Å². The van der Waals surface area contributed by atoms with E-state index < -0.39 is 0 Å². The number of anilines is 1. The van der Waals surface area contributed by atoms with Crippen LogP contribution in [0.2, 0.25) is 0 Å². The number of nitrogens with one attached hydrogen (secondary N) is 1. The van der Waals surface area contributed by atoms with E-state index in [2.05, 4.69) is 48.3 Å². The van der Waals surface area contributed by atoms with Gasteiger partial charge >= 0.3 is 0 Å². The summed E-state index contributed by atoms with van der Waals surface area (Å²) in [5, 5.41) is 12.5. The third-order valence-electron chi connectivity index (χ3n) is 3.28. The quantitative estimate of drug-likeness (QED) is 0.644. The molecule has 0 aromatic heterocycles. The highest BCUT2D eigenvalue weighted by Crippen LogP contribution is 2.22. The molecule has 0 fully saturated rings. The van der Waals surface area contributed by atoms with Crippen molar-refractivity contribution in [3.05, 3.63) is 29.8 Å². The second kappa shape index (κ2) is 9.75. The first-order chi connectivity index (χ1) is 9.70. The molecule has 0 amide bonds. The molecule has 0 saturated heterocycles. The van der Waals surface area contributed by atoms with Crippen molar-refractivity contribution in [2.75, 3.05) is 38.3 Å². The number of hydrogen-bond donors (Lipinski definition) is 2. The summed E-state index contributed by atoms with van der Waals surface area (Å²) in [6.45, 7) is 7.89. The van der Waals surface area contributed by atoms with Crippen LogP contribution in [0, 0.1) is 0 Å². The number of nitrogens with zero attached hydrogens (tertiary/aromatic N) is 1. The van der Waals surface area contributed by atoms with Crippen LogP contribution >= 0.6 is 0 Å². The zero-order valence-corrected chi connectivity index (χ0v) is 12.9. The number of methoxy groups -OCH3 is 1. The SMILES string of the molecule is COCCNCc1ccccc1N(CCCO)C(C)C. The summed E-state index contributed by atoms with van der Waals surface area (Å²) in [7, 11) is 1.71. The molecule has 0 bridgehead atoms. The molecule has 0 atom stereocenters.